The number of aromatic nitrogens is 2. The molecule has 0 unspecified atom stereocenters. The van der Waals surface area contributed by atoms with Crippen LogP contribution in [0.25, 0.3) is 0 Å². The predicted molar refractivity (Wildman–Crippen MR) is 48.8 cm³/mol. The number of alkyl halides is 1. The Morgan fingerprint density at radius 1 is 1.55 bits per heavy atom. The average molecular weight is 215 g/mol. The maximum Gasteiger partial charge on any atom is 0.115 e. The summed E-state index contributed by atoms with van der Waals surface area (Å²) >= 11 is 3.46. The molecule has 60 valence electrons. The van der Waals surface area contributed by atoms with Gasteiger partial charge in [-0.25, -0.2) is 9.97 Å². The van der Waals surface area contributed by atoms with Gasteiger partial charge in [0.05, 0.1) is 10.5 Å². The van der Waals surface area contributed by atoms with Crippen LogP contribution >= 0.6 is 15.9 Å². The smallest absolute Gasteiger partial charge is 0.115 e. The number of halogens is 1. The summed E-state index contributed by atoms with van der Waals surface area (Å²) in [7, 11) is 0. The number of hydrogen-bond acceptors (Lipinski definition) is 2. The molecule has 0 fully saturated rings. The molecule has 1 heterocycles. The van der Waals surface area contributed by atoms with Gasteiger partial charge in [-0.15, -0.1) is 0 Å². The Morgan fingerprint density at radius 2 is 2.27 bits per heavy atom. The molecule has 1 rings (SSSR count). The van der Waals surface area contributed by atoms with E-state index >= 15 is 0 Å². The van der Waals surface area contributed by atoms with Crippen LogP contribution in [0.3, 0.4) is 0 Å². The molecule has 1 aromatic rings. The molecule has 0 saturated heterocycles. The highest BCUT2D eigenvalue weighted by atomic mass is 79.9. The zero-order chi connectivity index (χ0) is 8.27. The van der Waals surface area contributed by atoms with E-state index in [1.54, 1.807) is 6.33 Å². The fourth-order valence-corrected chi connectivity index (χ4v) is 1.08. The molecule has 0 saturated carbocycles. The Hall–Kier alpha value is -0.440. The van der Waals surface area contributed by atoms with E-state index in [-0.39, 0.29) is 0 Å². The molecular weight excluding hydrogens is 204 g/mol. The van der Waals surface area contributed by atoms with Crippen molar-refractivity contribution in [2.24, 2.45) is 0 Å². The van der Waals surface area contributed by atoms with Crippen LogP contribution in [0, 0.1) is 0 Å². The minimum Gasteiger partial charge on any atom is -0.241 e. The zero-order valence-electron chi connectivity index (χ0n) is 6.71. The second kappa shape index (κ2) is 3.81. The van der Waals surface area contributed by atoms with E-state index in [4.69, 9.17) is 0 Å². The van der Waals surface area contributed by atoms with Crippen LogP contribution in [-0.4, -0.2) is 9.97 Å². The fourth-order valence-electron chi connectivity index (χ4n) is 0.826. The van der Waals surface area contributed by atoms with Gasteiger partial charge in [0.1, 0.15) is 6.33 Å². The van der Waals surface area contributed by atoms with Crippen LogP contribution in [0.15, 0.2) is 12.4 Å². The number of hydrogen-bond donors (Lipinski definition) is 0. The quantitative estimate of drug-likeness (QED) is 0.708. The summed E-state index contributed by atoms with van der Waals surface area (Å²) in [6.45, 7) is 4.15. The van der Waals surface area contributed by atoms with Crippen molar-refractivity contribution >= 4 is 15.9 Å². The summed E-state index contributed by atoms with van der Waals surface area (Å²) in [4.78, 5) is 8.55. The highest BCUT2D eigenvalue weighted by Gasteiger charge is 2.02. The molecule has 2 nitrogen and oxygen atoms in total. The summed E-state index contributed by atoms with van der Waals surface area (Å²) in [5.41, 5.74) is 2.15. The second-order valence-electron chi connectivity index (χ2n) is 2.40. The molecule has 0 N–H and O–H groups in total. The van der Waals surface area contributed by atoms with E-state index < -0.39 is 0 Å². The van der Waals surface area contributed by atoms with E-state index in [9.17, 15) is 0 Å². The molecule has 0 aliphatic rings. The van der Waals surface area contributed by atoms with Crippen LogP contribution in [-0.2, 0) is 6.42 Å². The molecule has 11 heavy (non-hydrogen) atoms. The molecule has 0 aliphatic heterocycles. The Kier molecular flexibility index (Phi) is 3.00. The van der Waals surface area contributed by atoms with Crippen LogP contribution in [0.4, 0.5) is 0 Å². The first-order valence-corrected chi connectivity index (χ1v) is 4.60. The topological polar surface area (TPSA) is 25.8 Å². The number of nitrogens with zero attached hydrogens (tertiary/aromatic N) is 2. The largest absolute Gasteiger partial charge is 0.241 e. The second-order valence-corrected chi connectivity index (χ2v) is 3.78. The van der Waals surface area contributed by atoms with Gasteiger partial charge in [0.15, 0.2) is 0 Å². The van der Waals surface area contributed by atoms with E-state index in [2.05, 4.69) is 39.7 Å². The first-order valence-electron chi connectivity index (χ1n) is 3.69. The van der Waals surface area contributed by atoms with Crippen molar-refractivity contribution in [1.82, 2.24) is 9.97 Å². The van der Waals surface area contributed by atoms with E-state index in [1.807, 2.05) is 6.07 Å². The van der Waals surface area contributed by atoms with Gasteiger partial charge in [-0.1, -0.05) is 22.9 Å². The van der Waals surface area contributed by atoms with Crippen LogP contribution in [0.1, 0.15) is 30.1 Å². The number of rotatable bonds is 2. The monoisotopic (exact) mass is 214 g/mol. The van der Waals surface area contributed by atoms with Crippen molar-refractivity contribution in [2.75, 3.05) is 0 Å². The SMILES string of the molecule is CCc1cc([C@@H](C)Br)ncn1. The average Bonchev–Trinajstić information content (AvgIpc) is 2.05. The van der Waals surface area contributed by atoms with Gasteiger partial charge in [-0.2, -0.15) is 0 Å². The first kappa shape index (κ1) is 8.65. The molecule has 0 amide bonds. The Labute approximate surface area is 75.2 Å². The third-order valence-electron chi connectivity index (χ3n) is 1.51. The summed E-state index contributed by atoms with van der Waals surface area (Å²) in [6.07, 6.45) is 2.58. The normalized spacial score (nSPS) is 13.0. The van der Waals surface area contributed by atoms with Crippen molar-refractivity contribution in [3.63, 3.8) is 0 Å². The molecule has 0 bridgehead atoms. The van der Waals surface area contributed by atoms with E-state index in [0.717, 1.165) is 17.8 Å². The van der Waals surface area contributed by atoms with Crippen molar-refractivity contribution in [3.05, 3.63) is 23.8 Å². The van der Waals surface area contributed by atoms with Crippen molar-refractivity contribution in [2.45, 2.75) is 25.1 Å². The van der Waals surface area contributed by atoms with Crippen molar-refractivity contribution < 1.29 is 0 Å². The highest BCUT2D eigenvalue weighted by molar-refractivity contribution is 9.09. The summed E-state index contributed by atoms with van der Waals surface area (Å²) in [5, 5.41) is 0. The standard InChI is InChI=1S/C8H11BrN2/c1-3-7-4-8(6(2)9)11-5-10-7/h4-6H,3H2,1-2H3/t6-/m1/s1. The summed E-state index contributed by atoms with van der Waals surface area (Å²) < 4.78 is 0. The minimum atomic E-state index is 0.316. The minimum absolute atomic E-state index is 0.316. The Balaban J connectivity index is 2.91. The predicted octanol–water partition coefficient (Wildman–Crippen LogP) is 2.49. The van der Waals surface area contributed by atoms with Gasteiger partial charge in [0.25, 0.3) is 0 Å². The van der Waals surface area contributed by atoms with E-state index in [1.165, 1.54) is 0 Å². The summed E-state index contributed by atoms with van der Waals surface area (Å²) in [5.74, 6) is 0. The summed E-state index contributed by atoms with van der Waals surface area (Å²) in [6, 6.07) is 2.03. The van der Waals surface area contributed by atoms with Gasteiger partial charge >= 0.3 is 0 Å². The lowest BCUT2D eigenvalue weighted by Crippen LogP contribution is -1.94. The van der Waals surface area contributed by atoms with Crippen LogP contribution in [0.2, 0.25) is 0 Å². The van der Waals surface area contributed by atoms with Crippen LogP contribution < -0.4 is 0 Å². The van der Waals surface area contributed by atoms with Gasteiger partial charge in [-0.05, 0) is 19.4 Å². The first-order chi connectivity index (χ1) is 5.24. The van der Waals surface area contributed by atoms with Gasteiger partial charge in [-0.3, -0.25) is 0 Å². The van der Waals surface area contributed by atoms with Crippen LogP contribution in [0.5, 0.6) is 0 Å². The van der Waals surface area contributed by atoms with E-state index in [0.29, 0.717) is 4.83 Å². The fraction of sp³-hybridized carbons (Fsp3) is 0.500. The molecule has 0 radical (unpaired) electrons. The highest BCUT2D eigenvalue weighted by Crippen LogP contribution is 2.18. The maximum absolute atomic E-state index is 4.13. The van der Waals surface area contributed by atoms with Crippen molar-refractivity contribution in [1.29, 1.82) is 0 Å². The van der Waals surface area contributed by atoms with Gasteiger partial charge in [0, 0.05) is 5.69 Å². The van der Waals surface area contributed by atoms with Gasteiger partial charge < -0.3 is 0 Å². The molecule has 1 atom stereocenters. The third kappa shape index (κ3) is 2.26. The number of aryl methyl sites for hydroxylation is 1. The Bertz CT molecular complexity index is 235. The van der Waals surface area contributed by atoms with Gasteiger partial charge in [0.2, 0.25) is 0 Å². The molecule has 1 aromatic heterocycles. The molecule has 0 aromatic carbocycles. The molecule has 3 heteroatoms. The lowest BCUT2D eigenvalue weighted by atomic mass is 10.2. The Morgan fingerprint density at radius 3 is 2.82 bits per heavy atom. The maximum atomic E-state index is 4.13. The molecule has 0 aliphatic carbocycles. The third-order valence-corrected chi connectivity index (χ3v) is 1.98. The lowest BCUT2D eigenvalue weighted by Gasteiger charge is -2.02. The lowest BCUT2D eigenvalue weighted by molar-refractivity contribution is 0.931. The van der Waals surface area contributed by atoms with Crippen molar-refractivity contribution in [3.8, 4) is 0 Å². The molecule has 0 spiro atoms. The zero-order valence-corrected chi connectivity index (χ0v) is 8.30. The molecular formula is C8H11BrN2.